The first-order valence-corrected chi connectivity index (χ1v) is 6.37. The fraction of sp³-hybridized carbons (Fsp3) is 0.500. The maximum Gasteiger partial charge on any atom is 0.254 e. The topological polar surface area (TPSA) is 52.6 Å². The number of carbonyl (C=O) groups is 1. The molecule has 4 heteroatoms. The van der Waals surface area contributed by atoms with Gasteiger partial charge in [0, 0.05) is 25.2 Å². The standard InChI is InChI=1S/C14H20N2O2/c1-10-5-6-11(8-13(10)17)14(18)16(2)12-4-3-7-15-9-12/h5-6,8,12,15,17H,3-4,7,9H2,1-2H3. The van der Waals surface area contributed by atoms with Crippen molar-refractivity contribution in [2.24, 2.45) is 0 Å². The van der Waals surface area contributed by atoms with Crippen LogP contribution in [0.15, 0.2) is 18.2 Å². The van der Waals surface area contributed by atoms with Gasteiger partial charge in [-0.05, 0) is 44.0 Å². The van der Waals surface area contributed by atoms with Crippen molar-refractivity contribution < 1.29 is 9.90 Å². The van der Waals surface area contributed by atoms with Gasteiger partial charge in [0.05, 0.1) is 0 Å². The molecule has 0 bridgehead atoms. The summed E-state index contributed by atoms with van der Waals surface area (Å²) >= 11 is 0. The zero-order chi connectivity index (χ0) is 13.1. The van der Waals surface area contributed by atoms with Crippen molar-refractivity contribution in [3.63, 3.8) is 0 Å². The summed E-state index contributed by atoms with van der Waals surface area (Å²) in [7, 11) is 1.83. The number of aromatic hydroxyl groups is 1. The first kappa shape index (κ1) is 12.9. The predicted molar refractivity (Wildman–Crippen MR) is 70.8 cm³/mol. The molecule has 98 valence electrons. The molecule has 1 unspecified atom stereocenters. The minimum atomic E-state index is -0.0287. The van der Waals surface area contributed by atoms with Gasteiger partial charge in [0.15, 0.2) is 0 Å². The van der Waals surface area contributed by atoms with Crippen molar-refractivity contribution in [3.05, 3.63) is 29.3 Å². The average Bonchev–Trinajstić information content (AvgIpc) is 2.41. The van der Waals surface area contributed by atoms with Crippen LogP contribution in [0.4, 0.5) is 0 Å². The van der Waals surface area contributed by atoms with Crippen LogP contribution >= 0.6 is 0 Å². The van der Waals surface area contributed by atoms with E-state index in [1.807, 2.05) is 14.0 Å². The molecule has 1 saturated heterocycles. The predicted octanol–water partition coefficient (Wildman–Crippen LogP) is 1.52. The summed E-state index contributed by atoms with van der Waals surface area (Å²) in [5.74, 6) is 0.148. The van der Waals surface area contributed by atoms with Crippen LogP contribution in [0.1, 0.15) is 28.8 Å². The Bertz CT molecular complexity index is 439. The van der Waals surface area contributed by atoms with Gasteiger partial charge in [0.2, 0.25) is 0 Å². The van der Waals surface area contributed by atoms with Crippen molar-refractivity contribution in [2.45, 2.75) is 25.8 Å². The van der Waals surface area contributed by atoms with E-state index in [9.17, 15) is 9.90 Å². The summed E-state index contributed by atoms with van der Waals surface area (Å²) in [6, 6.07) is 5.33. The van der Waals surface area contributed by atoms with Crippen LogP contribution in [-0.2, 0) is 0 Å². The molecular weight excluding hydrogens is 228 g/mol. The van der Waals surface area contributed by atoms with Crippen LogP contribution in [0, 0.1) is 6.92 Å². The lowest BCUT2D eigenvalue weighted by atomic mass is 10.0. The molecule has 0 aromatic heterocycles. The molecule has 1 aliphatic heterocycles. The first-order valence-electron chi connectivity index (χ1n) is 6.37. The molecule has 2 rings (SSSR count). The lowest BCUT2D eigenvalue weighted by molar-refractivity contribution is 0.0708. The Kier molecular flexibility index (Phi) is 3.87. The van der Waals surface area contributed by atoms with Crippen molar-refractivity contribution in [2.75, 3.05) is 20.1 Å². The Morgan fingerprint density at radius 3 is 2.89 bits per heavy atom. The molecule has 2 N–H and O–H groups in total. The molecule has 1 atom stereocenters. The van der Waals surface area contributed by atoms with E-state index in [-0.39, 0.29) is 17.7 Å². The number of nitrogens with one attached hydrogen (secondary N) is 1. The van der Waals surface area contributed by atoms with E-state index in [0.717, 1.165) is 31.5 Å². The second-order valence-corrected chi connectivity index (χ2v) is 4.92. The van der Waals surface area contributed by atoms with Gasteiger partial charge in [-0.3, -0.25) is 4.79 Å². The van der Waals surface area contributed by atoms with E-state index in [4.69, 9.17) is 0 Å². The number of carbonyl (C=O) groups excluding carboxylic acids is 1. The molecule has 1 aromatic rings. The number of phenolic OH excluding ortho intramolecular Hbond substituents is 1. The maximum atomic E-state index is 12.3. The zero-order valence-electron chi connectivity index (χ0n) is 10.9. The number of aryl methyl sites for hydroxylation is 1. The number of nitrogens with zero attached hydrogens (tertiary/aromatic N) is 1. The minimum Gasteiger partial charge on any atom is -0.508 e. The summed E-state index contributed by atoms with van der Waals surface area (Å²) < 4.78 is 0. The summed E-state index contributed by atoms with van der Waals surface area (Å²) in [5.41, 5.74) is 1.33. The fourth-order valence-electron chi connectivity index (χ4n) is 2.28. The number of amides is 1. The van der Waals surface area contributed by atoms with E-state index < -0.39 is 0 Å². The fourth-order valence-corrected chi connectivity index (χ4v) is 2.28. The average molecular weight is 248 g/mol. The second kappa shape index (κ2) is 5.40. The molecular formula is C14H20N2O2. The summed E-state index contributed by atoms with van der Waals surface area (Å²) in [5, 5.41) is 13.0. The zero-order valence-corrected chi connectivity index (χ0v) is 10.9. The number of benzene rings is 1. The third-order valence-electron chi connectivity index (χ3n) is 3.60. The Morgan fingerprint density at radius 2 is 2.28 bits per heavy atom. The van der Waals surface area contributed by atoms with Crippen molar-refractivity contribution in [1.29, 1.82) is 0 Å². The summed E-state index contributed by atoms with van der Waals surface area (Å²) in [4.78, 5) is 14.1. The molecule has 1 heterocycles. The van der Waals surface area contributed by atoms with Crippen LogP contribution in [-0.4, -0.2) is 42.1 Å². The Balaban J connectivity index is 2.11. The van der Waals surface area contributed by atoms with Crippen LogP contribution in [0.2, 0.25) is 0 Å². The first-order chi connectivity index (χ1) is 8.59. The van der Waals surface area contributed by atoms with Gasteiger partial charge in [-0.2, -0.15) is 0 Å². The molecule has 0 saturated carbocycles. The molecule has 0 spiro atoms. The lowest BCUT2D eigenvalue weighted by Crippen LogP contribution is -2.46. The molecule has 1 amide bonds. The number of hydrogen-bond acceptors (Lipinski definition) is 3. The minimum absolute atomic E-state index is 0.0287. The van der Waals surface area contributed by atoms with Crippen LogP contribution in [0.5, 0.6) is 5.75 Å². The van der Waals surface area contributed by atoms with Crippen LogP contribution < -0.4 is 5.32 Å². The highest BCUT2D eigenvalue weighted by atomic mass is 16.3. The number of hydrogen-bond donors (Lipinski definition) is 2. The van der Waals surface area contributed by atoms with Gasteiger partial charge < -0.3 is 15.3 Å². The second-order valence-electron chi connectivity index (χ2n) is 4.92. The van der Waals surface area contributed by atoms with E-state index in [1.54, 1.807) is 23.1 Å². The Labute approximate surface area is 108 Å². The van der Waals surface area contributed by atoms with Gasteiger partial charge in [0.1, 0.15) is 5.75 Å². The van der Waals surface area contributed by atoms with E-state index in [2.05, 4.69) is 5.32 Å². The van der Waals surface area contributed by atoms with Crippen molar-refractivity contribution in [1.82, 2.24) is 10.2 Å². The lowest BCUT2D eigenvalue weighted by Gasteiger charge is -2.31. The maximum absolute atomic E-state index is 12.3. The van der Waals surface area contributed by atoms with Crippen molar-refractivity contribution in [3.8, 4) is 5.75 Å². The number of rotatable bonds is 2. The van der Waals surface area contributed by atoms with Gasteiger partial charge in [-0.1, -0.05) is 6.07 Å². The van der Waals surface area contributed by atoms with Gasteiger partial charge in [0.25, 0.3) is 5.91 Å². The smallest absolute Gasteiger partial charge is 0.254 e. The molecule has 1 aromatic carbocycles. The van der Waals surface area contributed by atoms with E-state index in [1.165, 1.54) is 0 Å². The largest absolute Gasteiger partial charge is 0.508 e. The van der Waals surface area contributed by atoms with Crippen LogP contribution in [0.25, 0.3) is 0 Å². The quantitative estimate of drug-likeness (QED) is 0.834. The molecule has 1 aliphatic rings. The number of phenols is 1. The van der Waals surface area contributed by atoms with Gasteiger partial charge >= 0.3 is 0 Å². The van der Waals surface area contributed by atoms with Gasteiger partial charge in [-0.25, -0.2) is 0 Å². The highest BCUT2D eigenvalue weighted by molar-refractivity contribution is 5.94. The molecule has 4 nitrogen and oxygen atoms in total. The molecule has 1 fully saturated rings. The highest BCUT2D eigenvalue weighted by Crippen LogP contribution is 2.19. The molecule has 18 heavy (non-hydrogen) atoms. The van der Waals surface area contributed by atoms with Crippen molar-refractivity contribution >= 4 is 5.91 Å². The monoisotopic (exact) mass is 248 g/mol. The third-order valence-corrected chi connectivity index (χ3v) is 3.60. The summed E-state index contributed by atoms with van der Waals surface area (Å²) in [6.07, 6.45) is 2.13. The molecule has 0 radical (unpaired) electrons. The highest BCUT2D eigenvalue weighted by Gasteiger charge is 2.23. The summed E-state index contributed by atoms with van der Waals surface area (Å²) in [6.45, 7) is 3.70. The Morgan fingerprint density at radius 1 is 1.50 bits per heavy atom. The van der Waals surface area contributed by atoms with Gasteiger partial charge in [-0.15, -0.1) is 0 Å². The number of piperidine rings is 1. The van der Waals surface area contributed by atoms with E-state index in [0.29, 0.717) is 5.56 Å². The van der Waals surface area contributed by atoms with Crippen LogP contribution in [0.3, 0.4) is 0 Å². The third kappa shape index (κ3) is 2.64. The number of likely N-dealkylation sites (N-methyl/N-ethyl adjacent to an activating group) is 1. The van der Waals surface area contributed by atoms with E-state index >= 15 is 0 Å². The molecule has 0 aliphatic carbocycles. The SMILES string of the molecule is Cc1ccc(C(=O)N(C)C2CCCNC2)cc1O. The Hall–Kier alpha value is -1.55. The normalized spacial score (nSPS) is 19.6.